The van der Waals surface area contributed by atoms with E-state index < -0.39 is 0 Å². The molecule has 0 N–H and O–H groups in total. The predicted octanol–water partition coefficient (Wildman–Crippen LogP) is 1.02. The molecule has 1 saturated heterocycles. The molecule has 14 heavy (non-hydrogen) atoms. The van der Waals surface area contributed by atoms with E-state index in [9.17, 15) is 0 Å². The number of aromatic nitrogens is 1. The monoisotopic (exact) mass is 190 g/mol. The van der Waals surface area contributed by atoms with Crippen molar-refractivity contribution in [3.8, 4) is 0 Å². The molecule has 1 aromatic rings. The molecule has 0 saturated carbocycles. The third-order valence-electron chi connectivity index (χ3n) is 2.62. The third kappa shape index (κ3) is 2.04. The van der Waals surface area contributed by atoms with Crippen molar-refractivity contribution in [3.05, 3.63) is 30.8 Å². The molecule has 1 aliphatic heterocycles. The second-order valence-corrected chi connectivity index (χ2v) is 3.78. The highest BCUT2D eigenvalue weighted by Crippen LogP contribution is 2.12. The molecule has 0 spiro atoms. The minimum Gasteiger partial charge on any atom is -0.354 e. The van der Waals surface area contributed by atoms with Crippen molar-refractivity contribution in [2.75, 3.05) is 38.1 Å². The van der Waals surface area contributed by atoms with E-state index in [0.29, 0.717) is 0 Å². The molecule has 0 amide bonds. The maximum absolute atomic E-state index is 4.42. The quantitative estimate of drug-likeness (QED) is 0.659. The minimum absolute atomic E-state index is 0.849. The molecule has 0 unspecified atom stereocenters. The van der Waals surface area contributed by atoms with E-state index in [4.69, 9.17) is 0 Å². The molecule has 0 bridgehead atoms. The molecule has 1 fully saturated rings. The van der Waals surface area contributed by atoms with Gasteiger partial charge in [0.2, 0.25) is 0 Å². The molecular formula is C11H16N3. The van der Waals surface area contributed by atoms with Gasteiger partial charge in [0.05, 0.1) is 0 Å². The van der Waals surface area contributed by atoms with Crippen LogP contribution in [0.3, 0.4) is 0 Å². The van der Waals surface area contributed by atoms with E-state index in [2.05, 4.69) is 34.8 Å². The molecule has 1 aliphatic rings. The van der Waals surface area contributed by atoms with Crippen LogP contribution in [0.2, 0.25) is 0 Å². The number of anilines is 1. The third-order valence-corrected chi connectivity index (χ3v) is 2.62. The van der Waals surface area contributed by atoms with Crippen molar-refractivity contribution in [3.63, 3.8) is 0 Å². The van der Waals surface area contributed by atoms with Gasteiger partial charge in [0.15, 0.2) is 0 Å². The molecule has 2 rings (SSSR count). The number of nitrogens with zero attached hydrogens (tertiary/aromatic N) is 3. The first kappa shape index (κ1) is 9.46. The van der Waals surface area contributed by atoms with Crippen LogP contribution in [0.5, 0.6) is 0 Å². The molecule has 2 heterocycles. The Morgan fingerprint density at radius 2 is 1.93 bits per heavy atom. The molecule has 3 nitrogen and oxygen atoms in total. The van der Waals surface area contributed by atoms with Gasteiger partial charge in [-0.05, 0) is 26.1 Å². The molecule has 75 valence electrons. The van der Waals surface area contributed by atoms with Crippen LogP contribution < -0.4 is 4.90 Å². The smallest absolute Gasteiger partial charge is 0.128 e. The Kier molecular flexibility index (Phi) is 2.68. The molecule has 0 atom stereocenters. The average molecular weight is 190 g/mol. The predicted molar refractivity (Wildman–Crippen MR) is 58.4 cm³/mol. The first-order chi connectivity index (χ1) is 6.75. The molecule has 0 aliphatic carbocycles. The number of rotatable bonds is 1. The SMILES string of the molecule is [CH2]c1cccc(N2CCN(C)CC2)n1. The van der Waals surface area contributed by atoms with Crippen molar-refractivity contribution >= 4 is 5.82 Å². The highest BCUT2D eigenvalue weighted by molar-refractivity contribution is 5.40. The maximum atomic E-state index is 4.42. The fourth-order valence-corrected chi connectivity index (χ4v) is 1.68. The van der Waals surface area contributed by atoms with Gasteiger partial charge in [-0.15, -0.1) is 0 Å². The Hall–Kier alpha value is -1.09. The molecule has 1 radical (unpaired) electrons. The van der Waals surface area contributed by atoms with Crippen molar-refractivity contribution in [2.24, 2.45) is 0 Å². The number of likely N-dealkylation sites (N-methyl/N-ethyl adjacent to an activating group) is 1. The van der Waals surface area contributed by atoms with Crippen molar-refractivity contribution in [2.45, 2.75) is 0 Å². The second-order valence-electron chi connectivity index (χ2n) is 3.78. The van der Waals surface area contributed by atoms with E-state index in [1.165, 1.54) is 0 Å². The first-order valence-electron chi connectivity index (χ1n) is 4.98. The lowest BCUT2D eigenvalue weighted by molar-refractivity contribution is 0.312. The van der Waals surface area contributed by atoms with Crippen LogP contribution in [0.15, 0.2) is 18.2 Å². The average Bonchev–Trinajstić information content (AvgIpc) is 2.19. The summed E-state index contributed by atoms with van der Waals surface area (Å²) < 4.78 is 0. The van der Waals surface area contributed by atoms with Crippen LogP contribution in [0.1, 0.15) is 5.69 Å². The van der Waals surface area contributed by atoms with Crippen molar-refractivity contribution in [1.82, 2.24) is 9.88 Å². The van der Waals surface area contributed by atoms with Gasteiger partial charge >= 0.3 is 0 Å². The summed E-state index contributed by atoms with van der Waals surface area (Å²) in [7, 11) is 2.16. The highest BCUT2D eigenvalue weighted by Gasteiger charge is 2.14. The summed E-state index contributed by atoms with van der Waals surface area (Å²) >= 11 is 0. The van der Waals surface area contributed by atoms with Crippen LogP contribution in [0.4, 0.5) is 5.82 Å². The van der Waals surface area contributed by atoms with E-state index in [1.807, 2.05) is 12.1 Å². The zero-order valence-corrected chi connectivity index (χ0v) is 8.61. The minimum atomic E-state index is 0.849. The van der Waals surface area contributed by atoms with E-state index in [1.54, 1.807) is 0 Å². The van der Waals surface area contributed by atoms with Crippen molar-refractivity contribution < 1.29 is 0 Å². The van der Waals surface area contributed by atoms with E-state index >= 15 is 0 Å². The van der Waals surface area contributed by atoms with Gasteiger partial charge in [-0.2, -0.15) is 0 Å². The number of pyridine rings is 1. The second kappa shape index (κ2) is 3.96. The molecule has 1 aromatic heterocycles. The van der Waals surface area contributed by atoms with E-state index in [0.717, 1.165) is 37.7 Å². The van der Waals surface area contributed by atoms with Crippen LogP contribution in [-0.4, -0.2) is 43.1 Å². The number of hydrogen-bond acceptors (Lipinski definition) is 3. The Bertz CT molecular complexity index is 303. The fraction of sp³-hybridized carbons (Fsp3) is 0.455. The topological polar surface area (TPSA) is 19.4 Å². The molecule has 0 aromatic carbocycles. The van der Waals surface area contributed by atoms with Crippen LogP contribution in [0, 0.1) is 6.92 Å². The standard InChI is InChI=1S/C11H16N3/c1-10-4-3-5-11(12-10)14-8-6-13(2)7-9-14/h3-5H,1,6-9H2,2H3. The van der Waals surface area contributed by atoms with Crippen LogP contribution in [0.25, 0.3) is 0 Å². The summed E-state index contributed by atoms with van der Waals surface area (Å²) in [5, 5.41) is 0. The Labute approximate surface area is 85.4 Å². The van der Waals surface area contributed by atoms with Gasteiger partial charge in [-0.3, -0.25) is 0 Å². The Morgan fingerprint density at radius 3 is 2.57 bits per heavy atom. The maximum Gasteiger partial charge on any atom is 0.128 e. The van der Waals surface area contributed by atoms with Gasteiger partial charge < -0.3 is 9.80 Å². The zero-order valence-electron chi connectivity index (χ0n) is 8.61. The summed E-state index contributed by atoms with van der Waals surface area (Å²) in [5.74, 6) is 1.06. The first-order valence-corrected chi connectivity index (χ1v) is 4.98. The van der Waals surface area contributed by atoms with E-state index in [-0.39, 0.29) is 0 Å². The normalized spacial score (nSPS) is 18.6. The lowest BCUT2D eigenvalue weighted by atomic mass is 10.3. The summed E-state index contributed by atoms with van der Waals surface area (Å²) in [6, 6.07) is 6.00. The summed E-state index contributed by atoms with van der Waals surface area (Å²) in [5.41, 5.74) is 0.849. The van der Waals surface area contributed by atoms with Gasteiger partial charge in [-0.25, -0.2) is 4.98 Å². The Morgan fingerprint density at radius 1 is 1.21 bits per heavy atom. The van der Waals surface area contributed by atoms with Crippen LogP contribution >= 0.6 is 0 Å². The fourth-order valence-electron chi connectivity index (χ4n) is 1.68. The molecular weight excluding hydrogens is 174 g/mol. The summed E-state index contributed by atoms with van der Waals surface area (Å²) in [6.07, 6.45) is 0. The van der Waals surface area contributed by atoms with Gasteiger partial charge in [-0.1, -0.05) is 6.07 Å². The zero-order chi connectivity index (χ0) is 9.97. The number of hydrogen-bond donors (Lipinski definition) is 0. The molecule has 3 heteroatoms. The van der Waals surface area contributed by atoms with Gasteiger partial charge in [0.1, 0.15) is 5.82 Å². The summed E-state index contributed by atoms with van der Waals surface area (Å²) in [6.45, 7) is 8.20. The van der Waals surface area contributed by atoms with Crippen LogP contribution in [-0.2, 0) is 0 Å². The van der Waals surface area contributed by atoms with Crippen molar-refractivity contribution in [1.29, 1.82) is 0 Å². The summed E-state index contributed by atoms with van der Waals surface area (Å²) in [4.78, 5) is 9.07. The Balaban J connectivity index is 2.08. The lowest BCUT2D eigenvalue weighted by Crippen LogP contribution is -2.44. The largest absolute Gasteiger partial charge is 0.354 e. The van der Waals surface area contributed by atoms with Gasteiger partial charge in [0.25, 0.3) is 0 Å². The van der Waals surface area contributed by atoms with Gasteiger partial charge in [0, 0.05) is 31.9 Å². The number of piperazine rings is 1. The lowest BCUT2D eigenvalue weighted by Gasteiger charge is -2.33. The highest BCUT2D eigenvalue weighted by atomic mass is 15.3.